The summed E-state index contributed by atoms with van der Waals surface area (Å²) in [6.07, 6.45) is 3.54. The van der Waals surface area contributed by atoms with Crippen molar-refractivity contribution in [2.24, 2.45) is 0 Å². The molecule has 0 saturated carbocycles. The van der Waals surface area contributed by atoms with Crippen molar-refractivity contribution in [1.82, 2.24) is 5.32 Å². The molecule has 2 nitrogen and oxygen atoms in total. The summed E-state index contributed by atoms with van der Waals surface area (Å²) in [5.41, 5.74) is 2.28. The van der Waals surface area contributed by atoms with Gasteiger partial charge < -0.3 is 10.1 Å². The lowest BCUT2D eigenvalue weighted by molar-refractivity contribution is -0.0140. The third-order valence-corrected chi connectivity index (χ3v) is 3.80. The van der Waals surface area contributed by atoms with E-state index in [1.807, 2.05) is 13.0 Å². The second kappa shape index (κ2) is 6.02. The maximum Gasteiger partial charge on any atom is 0.123 e. The van der Waals surface area contributed by atoms with Gasteiger partial charge in [-0.2, -0.15) is 0 Å². The minimum absolute atomic E-state index is 0.0416. The highest BCUT2D eigenvalue weighted by atomic mass is 19.1. The first-order chi connectivity index (χ1) is 8.96. The summed E-state index contributed by atoms with van der Waals surface area (Å²) in [6, 6.07) is 5.00. The Morgan fingerprint density at radius 2 is 2.21 bits per heavy atom. The van der Waals surface area contributed by atoms with Crippen LogP contribution in [0.5, 0.6) is 0 Å². The molecule has 3 heteroatoms. The minimum Gasteiger partial charge on any atom is -0.371 e. The highest BCUT2D eigenvalue weighted by molar-refractivity contribution is 5.26. The van der Waals surface area contributed by atoms with Crippen molar-refractivity contribution in [2.75, 3.05) is 13.1 Å². The predicted octanol–water partition coefficient (Wildman–Crippen LogP) is 3.22. The first-order valence-corrected chi connectivity index (χ1v) is 7.10. The Bertz CT molecular complexity index is 431. The number of halogens is 1. The molecule has 0 amide bonds. The van der Waals surface area contributed by atoms with E-state index in [0.717, 1.165) is 37.9 Å². The molecule has 19 heavy (non-hydrogen) atoms. The van der Waals surface area contributed by atoms with Crippen LogP contribution in [0.15, 0.2) is 18.2 Å². The van der Waals surface area contributed by atoms with Crippen molar-refractivity contribution in [3.63, 3.8) is 0 Å². The number of hydrogen-bond acceptors (Lipinski definition) is 2. The Balaban J connectivity index is 1.70. The van der Waals surface area contributed by atoms with Crippen molar-refractivity contribution < 1.29 is 9.13 Å². The zero-order valence-corrected chi connectivity index (χ0v) is 12.1. The van der Waals surface area contributed by atoms with Crippen molar-refractivity contribution in [3.8, 4) is 0 Å². The smallest absolute Gasteiger partial charge is 0.123 e. The molecule has 0 aromatic heterocycles. The number of rotatable bonds is 5. The number of hydrogen-bond donors (Lipinski definition) is 1. The average Bonchev–Trinajstić information content (AvgIpc) is 2.67. The van der Waals surface area contributed by atoms with Gasteiger partial charge in [0.25, 0.3) is 0 Å². The molecule has 1 heterocycles. The van der Waals surface area contributed by atoms with E-state index in [4.69, 9.17) is 4.74 Å². The predicted molar refractivity (Wildman–Crippen MR) is 75.9 cm³/mol. The minimum atomic E-state index is -0.157. The molecule has 1 atom stereocenters. The summed E-state index contributed by atoms with van der Waals surface area (Å²) in [5, 5.41) is 3.44. The van der Waals surface area contributed by atoms with Crippen molar-refractivity contribution in [2.45, 2.75) is 51.7 Å². The van der Waals surface area contributed by atoms with E-state index in [1.165, 1.54) is 11.6 Å². The normalized spacial score (nSPS) is 21.8. The third kappa shape index (κ3) is 4.29. The molecular weight excluding hydrogens is 241 g/mol. The van der Waals surface area contributed by atoms with Crippen LogP contribution in [0.3, 0.4) is 0 Å². The number of ether oxygens (including phenoxy) is 1. The van der Waals surface area contributed by atoms with E-state index in [0.29, 0.717) is 6.10 Å². The van der Waals surface area contributed by atoms with Crippen LogP contribution in [0.2, 0.25) is 0 Å². The maximum absolute atomic E-state index is 13.0. The monoisotopic (exact) mass is 265 g/mol. The summed E-state index contributed by atoms with van der Waals surface area (Å²) < 4.78 is 18.9. The van der Waals surface area contributed by atoms with Crippen molar-refractivity contribution in [1.29, 1.82) is 0 Å². The molecule has 1 aromatic carbocycles. The summed E-state index contributed by atoms with van der Waals surface area (Å²) in [5.74, 6) is -0.157. The summed E-state index contributed by atoms with van der Waals surface area (Å²) in [6.45, 7) is 8.07. The van der Waals surface area contributed by atoms with Gasteiger partial charge in [-0.15, -0.1) is 0 Å². The lowest BCUT2D eigenvalue weighted by Gasteiger charge is -2.19. The van der Waals surface area contributed by atoms with E-state index in [1.54, 1.807) is 6.07 Å². The van der Waals surface area contributed by atoms with Gasteiger partial charge in [-0.1, -0.05) is 6.07 Å². The standard InChI is InChI=1S/C16H24FNO/c1-12-10-14(17)5-4-13(12)7-9-18-11-15-6-8-16(2,3)19-15/h4-5,10,15,18H,6-9,11H2,1-3H3. The van der Waals surface area contributed by atoms with Crippen LogP contribution in [0, 0.1) is 12.7 Å². The Morgan fingerprint density at radius 3 is 2.84 bits per heavy atom. The number of aryl methyl sites for hydroxylation is 1. The first kappa shape index (κ1) is 14.5. The lowest BCUT2D eigenvalue weighted by Crippen LogP contribution is -2.30. The van der Waals surface area contributed by atoms with Crippen LogP contribution in [0.4, 0.5) is 4.39 Å². The molecule has 1 aromatic rings. The van der Waals surface area contributed by atoms with E-state index in [2.05, 4.69) is 19.2 Å². The van der Waals surface area contributed by atoms with Gasteiger partial charge in [-0.05, 0) is 69.8 Å². The van der Waals surface area contributed by atoms with Crippen LogP contribution in [-0.2, 0) is 11.2 Å². The molecule has 0 spiro atoms. The number of nitrogens with one attached hydrogen (secondary N) is 1. The molecule has 1 aliphatic rings. The Kier molecular flexibility index (Phi) is 4.58. The van der Waals surface area contributed by atoms with Gasteiger partial charge in [0.05, 0.1) is 11.7 Å². The Labute approximate surface area is 115 Å². The van der Waals surface area contributed by atoms with Gasteiger partial charge in [-0.3, -0.25) is 0 Å². The van der Waals surface area contributed by atoms with E-state index in [9.17, 15) is 4.39 Å². The maximum atomic E-state index is 13.0. The van der Waals surface area contributed by atoms with E-state index < -0.39 is 0 Å². The number of benzene rings is 1. The average molecular weight is 265 g/mol. The van der Waals surface area contributed by atoms with Gasteiger partial charge in [0.1, 0.15) is 5.82 Å². The van der Waals surface area contributed by atoms with Crippen LogP contribution < -0.4 is 5.32 Å². The quantitative estimate of drug-likeness (QED) is 0.825. The van der Waals surface area contributed by atoms with Crippen LogP contribution in [0.25, 0.3) is 0 Å². The first-order valence-electron chi connectivity index (χ1n) is 7.10. The molecule has 1 fully saturated rings. The molecule has 2 rings (SSSR count). The Hall–Kier alpha value is -0.930. The fourth-order valence-electron chi connectivity index (χ4n) is 2.65. The molecule has 1 unspecified atom stereocenters. The second-order valence-electron chi connectivity index (χ2n) is 6.06. The van der Waals surface area contributed by atoms with Crippen LogP contribution >= 0.6 is 0 Å². The molecular formula is C16H24FNO. The van der Waals surface area contributed by atoms with Crippen LogP contribution in [0.1, 0.15) is 37.8 Å². The molecule has 0 radical (unpaired) electrons. The highest BCUT2D eigenvalue weighted by Gasteiger charge is 2.30. The van der Waals surface area contributed by atoms with Gasteiger partial charge in [0.15, 0.2) is 0 Å². The molecule has 1 aliphatic heterocycles. The SMILES string of the molecule is Cc1cc(F)ccc1CCNCC1CCC(C)(C)O1. The molecule has 106 valence electrons. The van der Waals surface area contributed by atoms with Gasteiger partial charge >= 0.3 is 0 Å². The summed E-state index contributed by atoms with van der Waals surface area (Å²) in [4.78, 5) is 0. The van der Waals surface area contributed by atoms with Crippen molar-refractivity contribution in [3.05, 3.63) is 35.1 Å². The van der Waals surface area contributed by atoms with Gasteiger partial charge in [0, 0.05) is 6.54 Å². The Morgan fingerprint density at radius 1 is 1.42 bits per heavy atom. The topological polar surface area (TPSA) is 21.3 Å². The highest BCUT2D eigenvalue weighted by Crippen LogP contribution is 2.28. The molecule has 0 bridgehead atoms. The summed E-state index contributed by atoms with van der Waals surface area (Å²) >= 11 is 0. The fraction of sp³-hybridized carbons (Fsp3) is 0.625. The van der Waals surface area contributed by atoms with Gasteiger partial charge in [-0.25, -0.2) is 4.39 Å². The summed E-state index contributed by atoms with van der Waals surface area (Å²) in [7, 11) is 0. The fourth-order valence-corrected chi connectivity index (χ4v) is 2.65. The van der Waals surface area contributed by atoms with E-state index >= 15 is 0 Å². The van der Waals surface area contributed by atoms with Crippen molar-refractivity contribution >= 4 is 0 Å². The largest absolute Gasteiger partial charge is 0.371 e. The zero-order chi connectivity index (χ0) is 13.9. The molecule has 1 saturated heterocycles. The third-order valence-electron chi connectivity index (χ3n) is 3.80. The van der Waals surface area contributed by atoms with Crippen LogP contribution in [-0.4, -0.2) is 24.8 Å². The zero-order valence-electron chi connectivity index (χ0n) is 12.1. The van der Waals surface area contributed by atoms with Gasteiger partial charge in [0.2, 0.25) is 0 Å². The second-order valence-corrected chi connectivity index (χ2v) is 6.06. The van der Waals surface area contributed by atoms with E-state index in [-0.39, 0.29) is 11.4 Å². The molecule has 1 N–H and O–H groups in total. The molecule has 0 aliphatic carbocycles. The lowest BCUT2D eigenvalue weighted by atomic mass is 10.1.